The molecule has 2 fully saturated rings. The van der Waals surface area contributed by atoms with Gasteiger partial charge in [0.1, 0.15) is 5.56 Å². The third kappa shape index (κ3) is 3.12. The van der Waals surface area contributed by atoms with E-state index in [1.165, 1.54) is 38.3 Å². The molecule has 0 radical (unpaired) electrons. The monoisotopic (exact) mass is 387 g/mol. The first-order valence-electron chi connectivity index (χ1n) is 10.1. The Hall–Kier alpha value is -2.57. The highest BCUT2D eigenvalue weighted by atomic mass is 19.1. The number of halogens is 1. The van der Waals surface area contributed by atoms with Crippen LogP contribution in [-0.4, -0.2) is 21.7 Å². The van der Waals surface area contributed by atoms with Crippen LogP contribution in [0.15, 0.2) is 17.1 Å². The number of benzene rings is 1. The maximum Gasteiger partial charge on any atom is 0.341 e. The lowest BCUT2D eigenvalue weighted by Gasteiger charge is -2.22. The number of anilines is 2. The molecule has 1 heterocycles. The summed E-state index contributed by atoms with van der Waals surface area (Å²) in [6, 6.07) is 1.82. The molecule has 2 aliphatic rings. The Bertz CT molecular complexity index is 995. The van der Waals surface area contributed by atoms with Crippen LogP contribution in [0.2, 0.25) is 0 Å². The number of aryl methyl sites for hydroxylation is 1. The predicted octanol–water partition coefficient (Wildman–Crippen LogP) is 3.82. The van der Waals surface area contributed by atoms with E-state index in [0.717, 1.165) is 6.42 Å². The van der Waals surface area contributed by atoms with Gasteiger partial charge in [0.05, 0.1) is 22.3 Å². The molecule has 1 unspecified atom stereocenters. The van der Waals surface area contributed by atoms with E-state index in [0.29, 0.717) is 23.9 Å². The fraction of sp³-hybridized carbons (Fsp3) is 0.524. The van der Waals surface area contributed by atoms with Crippen LogP contribution in [0.1, 0.15) is 55.8 Å². The fourth-order valence-corrected chi connectivity index (χ4v) is 4.73. The highest BCUT2D eigenvalue weighted by Gasteiger charge is 2.43. The van der Waals surface area contributed by atoms with Crippen molar-refractivity contribution in [1.29, 1.82) is 0 Å². The van der Waals surface area contributed by atoms with E-state index < -0.39 is 22.8 Å². The lowest BCUT2D eigenvalue weighted by Crippen LogP contribution is -2.21. The van der Waals surface area contributed by atoms with E-state index in [2.05, 4.69) is 5.32 Å². The third-order valence-corrected chi connectivity index (χ3v) is 6.35. The van der Waals surface area contributed by atoms with Crippen molar-refractivity contribution < 1.29 is 14.3 Å². The smallest absolute Gasteiger partial charge is 0.341 e. The highest BCUT2D eigenvalue weighted by molar-refractivity contribution is 5.99. The molecule has 0 spiro atoms. The summed E-state index contributed by atoms with van der Waals surface area (Å²) in [6.45, 7) is 2.28. The van der Waals surface area contributed by atoms with E-state index in [-0.39, 0.29) is 22.8 Å². The number of aromatic nitrogens is 1. The van der Waals surface area contributed by atoms with Crippen LogP contribution in [0.4, 0.5) is 15.8 Å². The molecule has 2 atom stereocenters. The second-order valence-electron chi connectivity index (χ2n) is 8.06. The van der Waals surface area contributed by atoms with Crippen LogP contribution in [0.25, 0.3) is 10.9 Å². The Morgan fingerprint density at radius 1 is 1.36 bits per heavy atom. The number of carbonyl (C=O) groups is 1. The summed E-state index contributed by atoms with van der Waals surface area (Å²) in [4.78, 5) is 23.9. The van der Waals surface area contributed by atoms with Crippen molar-refractivity contribution in [3.8, 4) is 0 Å². The van der Waals surface area contributed by atoms with Gasteiger partial charge in [0.15, 0.2) is 5.82 Å². The molecule has 0 saturated heterocycles. The van der Waals surface area contributed by atoms with Gasteiger partial charge >= 0.3 is 5.97 Å². The van der Waals surface area contributed by atoms with E-state index in [4.69, 9.17) is 5.73 Å². The minimum atomic E-state index is -1.34. The second kappa shape index (κ2) is 7.11. The highest BCUT2D eigenvalue weighted by Crippen LogP contribution is 2.46. The molecule has 2 aromatic rings. The van der Waals surface area contributed by atoms with Gasteiger partial charge in [-0.3, -0.25) is 4.79 Å². The molecule has 6 nitrogen and oxygen atoms in total. The Morgan fingerprint density at radius 2 is 2.07 bits per heavy atom. The number of nitrogens with two attached hydrogens (primary N) is 1. The zero-order valence-corrected chi connectivity index (χ0v) is 16.0. The van der Waals surface area contributed by atoms with E-state index in [1.54, 1.807) is 10.6 Å². The number of pyridine rings is 1. The van der Waals surface area contributed by atoms with Gasteiger partial charge < -0.3 is 20.7 Å². The van der Waals surface area contributed by atoms with E-state index >= 15 is 0 Å². The number of aromatic carboxylic acids is 1. The molecule has 0 aliphatic heterocycles. The summed E-state index contributed by atoms with van der Waals surface area (Å²) in [5, 5.41) is 12.5. The quantitative estimate of drug-likeness (QED) is 0.678. The van der Waals surface area contributed by atoms with Gasteiger partial charge in [-0.15, -0.1) is 0 Å². The minimum Gasteiger partial charge on any atom is -0.477 e. The van der Waals surface area contributed by atoms with Crippen molar-refractivity contribution in [2.75, 3.05) is 11.1 Å². The number of rotatable bonds is 5. The molecular formula is C21H26FN3O3. The molecule has 28 heavy (non-hydrogen) atoms. The number of hydrogen-bond acceptors (Lipinski definition) is 4. The first-order valence-corrected chi connectivity index (χ1v) is 10.1. The predicted molar refractivity (Wildman–Crippen MR) is 107 cm³/mol. The number of nitrogens with one attached hydrogen (secondary N) is 1. The van der Waals surface area contributed by atoms with Gasteiger partial charge in [-0.2, -0.15) is 0 Å². The molecule has 7 heteroatoms. The Balaban J connectivity index is 1.71. The van der Waals surface area contributed by atoms with Gasteiger partial charge in [0.2, 0.25) is 5.43 Å². The van der Waals surface area contributed by atoms with Gasteiger partial charge in [0.25, 0.3) is 0 Å². The van der Waals surface area contributed by atoms with Crippen LogP contribution in [-0.2, 0) is 6.54 Å². The molecule has 0 amide bonds. The molecule has 1 aromatic heterocycles. The second-order valence-corrected chi connectivity index (χ2v) is 8.06. The SMILES string of the molecule is CCn1cc(C(=O)O)c(=O)c2c(N)c(F)c(NC3C[C@H]3C3CCCCC3)cc21. The van der Waals surface area contributed by atoms with Gasteiger partial charge in [-0.1, -0.05) is 32.1 Å². The number of hydrogen-bond donors (Lipinski definition) is 3. The average molecular weight is 387 g/mol. The molecular weight excluding hydrogens is 361 g/mol. The number of fused-ring (bicyclic) bond motifs is 1. The molecule has 2 aliphatic carbocycles. The van der Waals surface area contributed by atoms with Crippen molar-refractivity contribution in [3.63, 3.8) is 0 Å². The normalized spacial score (nSPS) is 22.4. The van der Waals surface area contributed by atoms with Crippen LogP contribution in [0.5, 0.6) is 0 Å². The zero-order chi connectivity index (χ0) is 20.0. The minimum absolute atomic E-state index is 0.0653. The van der Waals surface area contributed by atoms with Gasteiger partial charge in [-0.05, 0) is 31.2 Å². The van der Waals surface area contributed by atoms with Crippen LogP contribution < -0.4 is 16.5 Å². The lowest BCUT2D eigenvalue weighted by atomic mass is 9.85. The van der Waals surface area contributed by atoms with Crippen molar-refractivity contribution >= 4 is 28.2 Å². The first-order chi connectivity index (χ1) is 13.4. The Labute approximate surface area is 162 Å². The number of nitrogen functional groups attached to an aromatic ring is 1. The van der Waals surface area contributed by atoms with Crippen molar-refractivity contribution in [3.05, 3.63) is 33.9 Å². The van der Waals surface area contributed by atoms with Crippen molar-refractivity contribution in [1.82, 2.24) is 4.57 Å². The van der Waals surface area contributed by atoms with E-state index in [9.17, 15) is 19.1 Å². The lowest BCUT2D eigenvalue weighted by molar-refractivity contribution is 0.0695. The van der Waals surface area contributed by atoms with E-state index in [1.807, 2.05) is 6.92 Å². The maximum atomic E-state index is 15.0. The van der Waals surface area contributed by atoms with Crippen LogP contribution >= 0.6 is 0 Å². The summed E-state index contributed by atoms with van der Waals surface area (Å²) in [7, 11) is 0. The summed E-state index contributed by atoms with van der Waals surface area (Å²) < 4.78 is 16.6. The summed E-state index contributed by atoms with van der Waals surface area (Å²) in [6.07, 6.45) is 8.69. The summed E-state index contributed by atoms with van der Waals surface area (Å²) in [5.74, 6) is -0.744. The summed E-state index contributed by atoms with van der Waals surface area (Å²) in [5.41, 5.74) is 5.27. The van der Waals surface area contributed by atoms with Crippen LogP contribution in [0, 0.1) is 17.7 Å². The standard InChI is InChI=1S/C21H26FN3O3/c1-2-25-10-13(21(27)28)20(26)17-16(25)9-15(18(22)19(17)23)24-14-8-12(14)11-6-4-3-5-7-11/h9-12,14,24H,2-8,23H2,1H3,(H,27,28)/t12-,14?/m0/s1. The average Bonchev–Trinajstić information content (AvgIpc) is 3.45. The largest absolute Gasteiger partial charge is 0.477 e. The molecule has 1 aromatic carbocycles. The molecule has 150 valence electrons. The first kappa shape index (κ1) is 18.8. The molecule has 4 rings (SSSR count). The fourth-order valence-electron chi connectivity index (χ4n) is 4.73. The van der Waals surface area contributed by atoms with Crippen LogP contribution in [0.3, 0.4) is 0 Å². The van der Waals surface area contributed by atoms with Gasteiger partial charge in [-0.25, -0.2) is 9.18 Å². The third-order valence-electron chi connectivity index (χ3n) is 6.35. The van der Waals surface area contributed by atoms with Crippen molar-refractivity contribution in [2.45, 2.75) is 58.0 Å². The summed E-state index contributed by atoms with van der Waals surface area (Å²) >= 11 is 0. The molecule has 4 N–H and O–H groups in total. The number of carboxylic acids is 1. The van der Waals surface area contributed by atoms with Gasteiger partial charge in [0, 0.05) is 18.8 Å². The Morgan fingerprint density at radius 3 is 2.71 bits per heavy atom. The molecule has 2 saturated carbocycles. The number of carboxylic acid groups (broad SMARTS) is 1. The topological polar surface area (TPSA) is 97.4 Å². The maximum absolute atomic E-state index is 15.0. The zero-order valence-electron chi connectivity index (χ0n) is 16.0. The van der Waals surface area contributed by atoms with Crippen molar-refractivity contribution in [2.24, 2.45) is 11.8 Å². The Kier molecular flexibility index (Phi) is 4.77. The molecule has 0 bridgehead atoms. The number of nitrogens with zero attached hydrogens (tertiary/aromatic N) is 1.